The van der Waals surface area contributed by atoms with Crippen LogP contribution in [0.3, 0.4) is 0 Å². The minimum absolute atomic E-state index is 0.870. The van der Waals surface area contributed by atoms with Crippen LogP contribution in [0.2, 0.25) is 0 Å². The minimum Gasteiger partial charge on any atom is -0.450 e. The number of hydrogen-bond donors (Lipinski definition) is 3. The van der Waals surface area contributed by atoms with Crippen LogP contribution in [0.1, 0.15) is 0 Å². The van der Waals surface area contributed by atoms with Crippen molar-refractivity contribution in [2.45, 2.75) is 0 Å². The van der Waals surface area contributed by atoms with Crippen molar-refractivity contribution in [3.63, 3.8) is 0 Å². The van der Waals surface area contributed by atoms with Gasteiger partial charge in [0.25, 0.3) is 0 Å². The highest BCUT2D eigenvalue weighted by Crippen LogP contribution is 1.53. The molecule has 0 rings (SSSR count). The van der Waals surface area contributed by atoms with Crippen molar-refractivity contribution in [2.75, 3.05) is 0 Å². The Hall–Kier alpha value is -1.04. The molecule has 5 nitrogen and oxygen atoms in total. The van der Waals surface area contributed by atoms with E-state index >= 15 is 0 Å². The van der Waals surface area contributed by atoms with Crippen LogP contribution >= 0.6 is 0 Å². The molecule has 9 heavy (non-hydrogen) atoms. The largest absolute Gasteiger partial charge is 0.503 e. The topological polar surface area (TPSA) is 91.7 Å². The highest BCUT2D eigenvalue weighted by Gasteiger charge is 1.70. The van der Waals surface area contributed by atoms with E-state index < -0.39 is 16.9 Å². The monoisotopic (exact) mass is 154 g/mol. The lowest BCUT2D eigenvalue weighted by Gasteiger charge is -1.60. The molecule has 0 saturated carbocycles. The summed E-state index contributed by atoms with van der Waals surface area (Å²) in [6.45, 7) is 2.96. The maximum atomic E-state index is 9.29. The van der Waals surface area contributed by atoms with Gasteiger partial charge < -0.3 is 10.2 Å². The van der Waals surface area contributed by atoms with Crippen LogP contribution in [0.4, 0.5) is 4.79 Å². The van der Waals surface area contributed by atoms with Crippen molar-refractivity contribution in [2.24, 2.45) is 0 Å². The third-order valence-corrected chi connectivity index (χ3v) is 0.447. The number of carbonyl (C=O) groups is 1. The Kier molecular flexibility index (Phi) is 8.39. The lowest BCUT2D eigenvalue weighted by atomic mass is 11.3. The number of carboxylic acid groups (broad SMARTS) is 2. The summed E-state index contributed by atoms with van der Waals surface area (Å²) in [5.41, 5.74) is 0. The summed E-state index contributed by atoms with van der Waals surface area (Å²) < 4.78 is 18.6. The summed E-state index contributed by atoms with van der Waals surface area (Å²) in [4.78, 5) is 8.56. The van der Waals surface area contributed by atoms with Gasteiger partial charge in [0.05, 0.1) is 0 Å². The van der Waals surface area contributed by atoms with Gasteiger partial charge in [-0.2, -0.15) is 0 Å². The molecule has 6 heteroatoms. The maximum absolute atomic E-state index is 9.29. The van der Waals surface area contributed by atoms with E-state index in [9.17, 15) is 8.42 Å². The summed E-state index contributed by atoms with van der Waals surface area (Å²) in [6, 6.07) is 0. The van der Waals surface area contributed by atoms with Gasteiger partial charge in [-0.25, -0.2) is 13.2 Å². The molecule has 0 saturated heterocycles. The standard InChI is InChI=1S/C2H4O2S.CH2O3/c1-2-5(3)4;2-1(3)4/h2,5H,1H2;(H2,2,3,4). The fraction of sp³-hybridized carbons (Fsp3) is 0. The third kappa shape index (κ3) is 186. The van der Waals surface area contributed by atoms with Crippen LogP contribution in [0.5, 0.6) is 0 Å². The van der Waals surface area contributed by atoms with Gasteiger partial charge in [-0.05, 0) is 0 Å². The molecule has 0 atom stereocenters. The highest BCUT2D eigenvalue weighted by atomic mass is 32.2. The first-order chi connectivity index (χ1) is 4.00. The fourth-order valence-corrected chi connectivity index (χ4v) is 0. The number of thiol groups is 1. The molecule has 0 heterocycles. The molecule has 0 radical (unpaired) electrons. The molecule has 0 aromatic heterocycles. The first-order valence-corrected chi connectivity index (χ1v) is 2.93. The Morgan fingerprint density at radius 3 is 1.56 bits per heavy atom. The SMILES string of the molecule is C=C[SH](=O)=O.O=C(O)O. The van der Waals surface area contributed by atoms with E-state index in [0.717, 1.165) is 5.41 Å². The first kappa shape index (κ1) is 10.9. The van der Waals surface area contributed by atoms with E-state index in [-0.39, 0.29) is 0 Å². The molecule has 0 aromatic carbocycles. The molecule has 0 aliphatic rings. The molecular weight excluding hydrogens is 148 g/mol. The Morgan fingerprint density at radius 2 is 1.56 bits per heavy atom. The van der Waals surface area contributed by atoms with Gasteiger partial charge in [-0.3, -0.25) is 0 Å². The Morgan fingerprint density at radius 1 is 1.44 bits per heavy atom. The van der Waals surface area contributed by atoms with Gasteiger partial charge in [0.2, 0.25) is 0 Å². The smallest absolute Gasteiger partial charge is 0.450 e. The minimum atomic E-state index is -2.33. The molecule has 0 aromatic rings. The fourth-order valence-electron chi connectivity index (χ4n) is 0. The summed E-state index contributed by atoms with van der Waals surface area (Å²) in [5.74, 6) is 0. The second kappa shape index (κ2) is 6.96. The van der Waals surface area contributed by atoms with Crippen LogP contribution in [0.25, 0.3) is 0 Å². The van der Waals surface area contributed by atoms with Crippen LogP contribution < -0.4 is 0 Å². The van der Waals surface area contributed by atoms with Crippen LogP contribution in [-0.4, -0.2) is 24.8 Å². The van der Waals surface area contributed by atoms with Crippen molar-refractivity contribution in [3.05, 3.63) is 12.0 Å². The number of hydrogen-bond acceptors (Lipinski definition) is 3. The zero-order valence-corrected chi connectivity index (χ0v) is 5.25. The zero-order valence-electron chi connectivity index (χ0n) is 4.35. The quantitative estimate of drug-likeness (QED) is 0.461. The molecule has 54 valence electrons. The second-order valence-electron chi connectivity index (χ2n) is 0.751. The lowest BCUT2D eigenvalue weighted by Crippen LogP contribution is -1.81. The molecule has 0 spiro atoms. The van der Waals surface area contributed by atoms with Crippen molar-refractivity contribution in [1.29, 1.82) is 0 Å². The van der Waals surface area contributed by atoms with Gasteiger partial charge in [0.15, 0.2) is 10.7 Å². The van der Waals surface area contributed by atoms with E-state index in [1.165, 1.54) is 0 Å². The highest BCUT2D eigenvalue weighted by molar-refractivity contribution is 7.75. The van der Waals surface area contributed by atoms with E-state index in [1.54, 1.807) is 0 Å². The zero-order chi connectivity index (χ0) is 7.86. The van der Waals surface area contributed by atoms with Gasteiger partial charge >= 0.3 is 6.16 Å². The van der Waals surface area contributed by atoms with E-state index in [4.69, 9.17) is 15.0 Å². The molecule has 0 amide bonds. The van der Waals surface area contributed by atoms with Crippen LogP contribution in [0, 0.1) is 0 Å². The normalized spacial score (nSPS) is 7.22. The average molecular weight is 154 g/mol. The second-order valence-corrected chi connectivity index (χ2v) is 1.69. The lowest BCUT2D eigenvalue weighted by molar-refractivity contribution is 0.137. The van der Waals surface area contributed by atoms with Crippen molar-refractivity contribution < 1.29 is 23.4 Å². The van der Waals surface area contributed by atoms with E-state index in [2.05, 4.69) is 6.58 Å². The third-order valence-electron chi connectivity index (χ3n) is 0.149. The molecular formula is C3H6O5S. The average Bonchev–Trinajstić information content (AvgIpc) is 1.65. The van der Waals surface area contributed by atoms with Crippen molar-refractivity contribution in [3.8, 4) is 0 Å². The summed E-state index contributed by atoms with van der Waals surface area (Å²) >= 11 is 0. The van der Waals surface area contributed by atoms with Gasteiger partial charge in [0, 0.05) is 5.41 Å². The summed E-state index contributed by atoms with van der Waals surface area (Å²) in [6.07, 6.45) is -1.83. The van der Waals surface area contributed by atoms with Crippen molar-refractivity contribution in [1.82, 2.24) is 0 Å². The Bertz CT molecular complexity index is 146. The van der Waals surface area contributed by atoms with E-state index in [1.807, 2.05) is 0 Å². The predicted molar refractivity (Wildman–Crippen MR) is 31.2 cm³/mol. The Labute approximate surface area is 53.2 Å². The van der Waals surface area contributed by atoms with Gasteiger partial charge in [-0.15, -0.1) is 0 Å². The van der Waals surface area contributed by atoms with Crippen molar-refractivity contribution >= 4 is 16.9 Å². The predicted octanol–water partition coefficient (Wildman–Crippen LogP) is -0.0363. The molecule has 0 bridgehead atoms. The Balaban J connectivity index is 0. The number of rotatable bonds is 1. The van der Waals surface area contributed by atoms with Gasteiger partial charge in [0.1, 0.15) is 0 Å². The maximum Gasteiger partial charge on any atom is 0.503 e. The summed E-state index contributed by atoms with van der Waals surface area (Å²) in [7, 11) is -2.33. The van der Waals surface area contributed by atoms with Gasteiger partial charge in [-0.1, -0.05) is 6.58 Å². The van der Waals surface area contributed by atoms with Crippen LogP contribution in [-0.2, 0) is 10.7 Å². The van der Waals surface area contributed by atoms with E-state index in [0.29, 0.717) is 0 Å². The molecule has 2 N–H and O–H groups in total. The van der Waals surface area contributed by atoms with Crippen LogP contribution in [0.15, 0.2) is 12.0 Å². The molecule has 0 aliphatic heterocycles. The summed E-state index contributed by atoms with van der Waals surface area (Å²) in [5, 5.41) is 14.8. The molecule has 0 aliphatic carbocycles. The molecule has 0 fully saturated rings. The first-order valence-electron chi connectivity index (χ1n) is 1.68. The molecule has 0 unspecified atom stereocenters.